The highest BCUT2D eigenvalue weighted by Gasteiger charge is 2.17. The lowest BCUT2D eigenvalue weighted by atomic mass is 10.3. The molecule has 0 spiro atoms. The van der Waals surface area contributed by atoms with Gasteiger partial charge in [0.05, 0.1) is 23.9 Å². The monoisotopic (exact) mass is 286 g/mol. The van der Waals surface area contributed by atoms with Crippen molar-refractivity contribution < 1.29 is 14.6 Å². The van der Waals surface area contributed by atoms with Crippen molar-refractivity contribution in [2.75, 3.05) is 0 Å². The first-order chi connectivity index (χ1) is 8.90. The number of nitrogens with zero attached hydrogens (tertiary/aromatic N) is 3. The van der Waals surface area contributed by atoms with Crippen LogP contribution in [0.15, 0.2) is 12.3 Å². The summed E-state index contributed by atoms with van der Waals surface area (Å²) in [5, 5.41) is 14.2. The average Bonchev–Trinajstić information content (AvgIpc) is 2.67. The minimum absolute atomic E-state index is 0.111. The van der Waals surface area contributed by atoms with E-state index in [1.165, 1.54) is 24.0 Å². The number of hydrogen-bond donors (Lipinski definition) is 3. The van der Waals surface area contributed by atoms with Crippen LogP contribution in [0.2, 0.25) is 0 Å². The Balaban J connectivity index is 2.63. The molecule has 0 aliphatic carbocycles. The number of carbonyl (C=O) groups excluding carboxylic acids is 1. The van der Waals surface area contributed by atoms with Gasteiger partial charge in [-0.1, -0.05) is 5.59 Å². The lowest BCUT2D eigenvalue weighted by molar-refractivity contribution is -0.390. The molecule has 0 unspecified atom stereocenters. The van der Waals surface area contributed by atoms with E-state index >= 15 is 0 Å². The first-order valence-corrected chi connectivity index (χ1v) is 5.18. The fourth-order valence-corrected chi connectivity index (χ4v) is 1.11. The minimum Gasteiger partial charge on any atom is -0.375 e. The van der Waals surface area contributed by atoms with E-state index in [2.05, 4.69) is 27.6 Å². The number of rotatable bonds is 5. The van der Waals surface area contributed by atoms with E-state index in [-0.39, 0.29) is 16.5 Å². The molecule has 0 atom stereocenters. The fraction of sp³-hybridized carbons (Fsp3) is 0.125. The zero-order chi connectivity index (χ0) is 14.4. The minimum atomic E-state index is -0.804. The molecule has 0 radical (unpaired) electrons. The standard InChI is InChI=1S/C8H10N6O4S/c1-13-4-5(7(11-13)14(16)17)2-3-6(15)18-12-10-8(9)19/h2-4,12H,1H3,(H3,9,10,19). The molecule has 19 heavy (non-hydrogen) atoms. The SMILES string of the molecule is Cn1cc(C=CC(=O)ONNC(N)=S)c([N+](=O)[O-])n1. The van der Waals surface area contributed by atoms with Crippen LogP contribution in [-0.4, -0.2) is 25.8 Å². The molecule has 11 heteroatoms. The van der Waals surface area contributed by atoms with E-state index in [0.717, 1.165) is 6.08 Å². The van der Waals surface area contributed by atoms with Crippen molar-refractivity contribution in [3.05, 3.63) is 28.0 Å². The maximum atomic E-state index is 11.2. The van der Waals surface area contributed by atoms with Crippen molar-refractivity contribution in [2.24, 2.45) is 12.8 Å². The molecule has 0 fully saturated rings. The van der Waals surface area contributed by atoms with Gasteiger partial charge in [0.1, 0.15) is 0 Å². The van der Waals surface area contributed by atoms with Gasteiger partial charge in [0, 0.05) is 6.08 Å². The van der Waals surface area contributed by atoms with Crippen LogP contribution >= 0.6 is 12.2 Å². The molecule has 1 aromatic rings. The first kappa shape index (κ1) is 14.5. The quantitative estimate of drug-likeness (QED) is 0.273. The van der Waals surface area contributed by atoms with Gasteiger partial charge in [0.25, 0.3) is 0 Å². The van der Waals surface area contributed by atoms with Crippen LogP contribution in [0.1, 0.15) is 5.56 Å². The number of aromatic nitrogens is 2. The molecule has 4 N–H and O–H groups in total. The number of carbonyl (C=O) groups is 1. The number of aryl methyl sites for hydroxylation is 1. The van der Waals surface area contributed by atoms with Crippen molar-refractivity contribution in [1.82, 2.24) is 20.8 Å². The molecule has 0 aliphatic rings. The molecule has 0 aromatic carbocycles. The Labute approximate surface area is 112 Å². The molecule has 0 amide bonds. The molecule has 1 aromatic heterocycles. The molecule has 102 valence electrons. The largest absolute Gasteiger partial charge is 0.397 e. The van der Waals surface area contributed by atoms with Crippen LogP contribution < -0.4 is 16.7 Å². The molecule has 0 saturated carbocycles. The van der Waals surface area contributed by atoms with Gasteiger partial charge >= 0.3 is 11.8 Å². The second-order valence-electron chi connectivity index (χ2n) is 3.18. The predicted molar refractivity (Wildman–Crippen MR) is 68.0 cm³/mol. The van der Waals surface area contributed by atoms with Crippen LogP contribution in [0.25, 0.3) is 6.08 Å². The lowest BCUT2D eigenvalue weighted by Gasteiger charge is -2.03. The Morgan fingerprint density at radius 1 is 1.74 bits per heavy atom. The Morgan fingerprint density at radius 2 is 2.42 bits per heavy atom. The van der Waals surface area contributed by atoms with Crippen LogP contribution in [0, 0.1) is 10.1 Å². The average molecular weight is 286 g/mol. The zero-order valence-electron chi connectivity index (χ0n) is 9.69. The molecule has 1 heterocycles. The van der Waals surface area contributed by atoms with Gasteiger partial charge in [0.15, 0.2) is 5.11 Å². The number of nitro groups is 1. The summed E-state index contributed by atoms with van der Waals surface area (Å²) in [6, 6.07) is 0. The molecule has 0 bridgehead atoms. The maximum absolute atomic E-state index is 11.2. The van der Waals surface area contributed by atoms with Crippen LogP contribution in [0.5, 0.6) is 0 Å². The van der Waals surface area contributed by atoms with Crippen molar-refractivity contribution in [1.29, 1.82) is 0 Å². The number of hydrazine groups is 1. The number of thiocarbonyl (C=S) groups is 1. The molecule has 0 aliphatic heterocycles. The van der Waals surface area contributed by atoms with Crippen LogP contribution in [0.3, 0.4) is 0 Å². The highest BCUT2D eigenvalue weighted by Crippen LogP contribution is 2.16. The van der Waals surface area contributed by atoms with Crippen LogP contribution in [-0.2, 0) is 16.7 Å². The van der Waals surface area contributed by atoms with Crippen molar-refractivity contribution >= 4 is 35.2 Å². The van der Waals surface area contributed by atoms with Crippen molar-refractivity contribution in [3.63, 3.8) is 0 Å². The van der Waals surface area contributed by atoms with Crippen molar-refractivity contribution in [3.8, 4) is 0 Å². The van der Waals surface area contributed by atoms with E-state index in [0.29, 0.717) is 0 Å². The lowest BCUT2D eigenvalue weighted by Crippen LogP contribution is -2.41. The summed E-state index contributed by atoms with van der Waals surface area (Å²) in [5.41, 5.74) is 9.39. The summed E-state index contributed by atoms with van der Waals surface area (Å²) in [6.07, 6.45) is 3.58. The third kappa shape index (κ3) is 4.69. The Bertz CT molecular complexity index is 539. The van der Waals surface area contributed by atoms with E-state index in [4.69, 9.17) is 5.73 Å². The predicted octanol–water partition coefficient (Wildman–Crippen LogP) is -0.862. The van der Waals surface area contributed by atoms with Crippen LogP contribution in [0.4, 0.5) is 5.82 Å². The fourth-order valence-electron chi connectivity index (χ4n) is 1.07. The van der Waals surface area contributed by atoms with Crippen molar-refractivity contribution in [2.45, 2.75) is 0 Å². The van der Waals surface area contributed by atoms with Gasteiger partial charge in [-0.3, -0.25) is 5.43 Å². The molecular weight excluding hydrogens is 276 g/mol. The first-order valence-electron chi connectivity index (χ1n) is 4.77. The number of nitrogens with one attached hydrogen (secondary N) is 2. The third-order valence-corrected chi connectivity index (χ3v) is 1.84. The summed E-state index contributed by atoms with van der Waals surface area (Å²) >= 11 is 4.45. The molecule has 0 saturated heterocycles. The highest BCUT2D eigenvalue weighted by atomic mass is 32.1. The summed E-state index contributed by atoms with van der Waals surface area (Å²) in [4.78, 5) is 25.6. The normalized spacial score (nSPS) is 10.4. The molecular formula is C8H10N6O4S. The van der Waals surface area contributed by atoms with E-state index < -0.39 is 10.9 Å². The van der Waals surface area contributed by atoms with E-state index in [1.54, 1.807) is 0 Å². The highest BCUT2D eigenvalue weighted by molar-refractivity contribution is 7.80. The Morgan fingerprint density at radius 3 is 3.00 bits per heavy atom. The summed E-state index contributed by atoms with van der Waals surface area (Å²) in [5.74, 6) is -1.16. The Kier molecular flexibility index (Phi) is 4.91. The van der Waals surface area contributed by atoms with Gasteiger partial charge < -0.3 is 20.7 Å². The van der Waals surface area contributed by atoms with Gasteiger partial charge in [0.2, 0.25) is 0 Å². The smallest absolute Gasteiger partial charge is 0.375 e. The summed E-state index contributed by atoms with van der Waals surface area (Å²) in [6.45, 7) is 0. The van der Waals surface area contributed by atoms with Gasteiger partial charge in [-0.15, -0.1) is 0 Å². The van der Waals surface area contributed by atoms with Gasteiger partial charge in [-0.05, 0) is 23.2 Å². The molecule has 1 rings (SSSR count). The van der Waals surface area contributed by atoms with E-state index in [9.17, 15) is 14.9 Å². The Hall–Kier alpha value is -2.53. The number of hydrogen-bond acceptors (Lipinski definition) is 7. The number of nitrogens with two attached hydrogens (primary N) is 1. The van der Waals surface area contributed by atoms with E-state index in [1.807, 2.05) is 5.59 Å². The summed E-state index contributed by atoms with van der Waals surface area (Å²) in [7, 11) is 1.52. The maximum Gasteiger partial charge on any atom is 0.397 e. The third-order valence-electron chi connectivity index (χ3n) is 1.73. The zero-order valence-corrected chi connectivity index (χ0v) is 10.5. The summed E-state index contributed by atoms with van der Waals surface area (Å²) < 4.78 is 1.26. The van der Waals surface area contributed by atoms with Gasteiger partial charge in [-0.25, -0.2) is 4.79 Å². The topological polar surface area (TPSA) is 137 Å². The molecule has 10 nitrogen and oxygen atoms in total. The van der Waals surface area contributed by atoms with Gasteiger partial charge in [-0.2, -0.15) is 4.68 Å². The second-order valence-corrected chi connectivity index (χ2v) is 3.62. The second kappa shape index (κ2) is 6.42.